The molecule has 0 radical (unpaired) electrons. The number of amides is 1. The molecule has 1 amide bonds. The topological polar surface area (TPSA) is 75.7 Å². The van der Waals surface area contributed by atoms with Gasteiger partial charge in [-0.05, 0) is 30.7 Å². The zero-order valence-corrected chi connectivity index (χ0v) is 18.4. The maximum absolute atomic E-state index is 12.6. The number of benzene rings is 2. The molecule has 0 bridgehead atoms. The number of sulfonamides is 1. The molecule has 1 aliphatic rings. The Morgan fingerprint density at radius 1 is 1.24 bits per heavy atom. The van der Waals surface area contributed by atoms with Crippen LogP contribution in [0.5, 0.6) is 5.75 Å². The molecule has 0 aliphatic carbocycles. The fraction of sp³-hybridized carbons (Fsp3) is 0.350. The van der Waals surface area contributed by atoms with E-state index in [0.29, 0.717) is 23.7 Å². The molecule has 0 aromatic heterocycles. The molecular formula is C20H23ClN2O4S2. The normalized spacial score (nSPS) is 16.1. The Hall–Kier alpha value is -1.90. The van der Waals surface area contributed by atoms with Crippen molar-refractivity contribution in [3.8, 4) is 5.75 Å². The average molecular weight is 455 g/mol. The Morgan fingerprint density at radius 3 is 2.72 bits per heavy atom. The van der Waals surface area contributed by atoms with E-state index in [-0.39, 0.29) is 18.2 Å². The van der Waals surface area contributed by atoms with Crippen molar-refractivity contribution in [2.75, 3.05) is 28.9 Å². The van der Waals surface area contributed by atoms with Crippen LogP contribution in [0.15, 0.2) is 48.5 Å². The molecule has 2 aromatic carbocycles. The molecule has 9 heteroatoms. The van der Waals surface area contributed by atoms with Crippen molar-refractivity contribution in [1.29, 1.82) is 0 Å². The van der Waals surface area contributed by atoms with Gasteiger partial charge in [0.15, 0.2) is 6.10 Å². The average Bonchev–Trinajstić information content (AvgIpc) is 2.73. The molecular weight excluding hydrogens is 432 g/mol. The van der Waals surface area contributed by atoms with Gasteiger partial charge in [-0.15, -0.1) is 0 Å². The number of fused-ring (bicyclic) bond motifs is 1. The summed E-state index contributed by atoms with van der Waals surface area (Å²) >= 11 is 7.80. The molecule has 1 aliphatic heterocycles. The fourth-order valence-electron chi connectivity index (χ4n) is 2.92. The highest BCUT2D eigenvalue weighted by Crippen LogP contribution is 2.35. The summed E-state index contributed by atoms with van der Waals surface area (Å²) in [6.07, 6.45) is -0.889. The number of nitrogens with zero attached hydrogens (tertiary/aromatic N) is 1. The van der Waals surface area contributed by atoms with Crippen LogP contribution in [0.3, 0.4) is 0 Å². The second-order valence-corrected chi connectivity index (χ2v) is 10.1. The molecule has 3 rings (SSSR count). The van der Waals surface area contributed by atoms with Crippen LogP contribution in [0.1, 0.15) is 12.5 Å². The predicted octanol–water partition coefficient (Wildman–Crippen LogP) is 3.31. The first-order valence-corrected chi connectivity index (χ1v) is 12.4. The summed E-state index contributed by atoms with van der Waals surface area (Å²) in [6, 6.07) is 14.5. The number of nitrogens with one attached hydrogen (secondary N) is 1. The number of carbonyl (C=O) groups excluding carboxylic acids is 1. The van der Waals surface area contributed by atoms with E-state index in [1.165, 1.54) is 4.31 Å². The van der Waals surface area contributed by atoms with Gasteiger partial charge in [0.2, 0.25) is 10.0 Å². The van der Waals surface area contributed by atoms with Crippen LogP contribution in [-0.4, -0.2) is 45.0 Å². The van der Waals surface area contributed by atoms with Crippen molar-refractivity contribution >= 4 is 45.0 Å². The van der Waals surface area contributed by atoms with Crippen LogP contribution >= 0.6 is 23.4 Å². The van der Waals surface area contributed by atoms with Crippen molar-refractivity contribution in [2.24, 2.45) is 0 Å². The van der Waals surface area contributed by atoms with E-state index >= 15 is 0 Å². The summed E-state index contributed by atoms with van der Waals surface area (Å²) in [4.78, 5) is 12.6. The minimum Gasteiger partial charge on any atom is -0.476 e. The smallest absolute Gasteiger partial charge is 0.263 e. The van der Waals surface area contributed by atoms with Crippen LogP contribution in [0, 0.1) is 0 Å². The van der Waals surface area contributed by atoms with Crippen LogP contribution in [-0.2, 0) is 20.6 Å². The third-order valence-electron chi connectivity index (χ3n) is 4.49. The Balaban J connectivity index is 1.55. The molecule has 6 nitrogen and oxygen atoms in total. The Kier molecular flexibility index (Phi) is 7.32. The quantitative estimate of drug-likeness (QED) is 0.619. The van der Waals surface area contributed by atoms with E-state index < -0.39 is 16.1 Å². The van der Waals surface area contributed by atoms with Gasteiger partial charge in [-0.25, -0.2) is 8.42 Å². The third-order valence-corrected chi connectivity index (χ3v) is 7.61. The zero-order valence-electron chi connectivity index (χ0n) is 16.0. The number of anilines is 1. The molecule has 29 heavy (non-hydrogen) atoms. The van der Waals surface area contributed by atoms with Gasteiger partial charge >= 0.3 is 0 Å². The molecule has 156 valence electrons. The highest BCUT2D eigenvalue weighted by atomic mass is 35.5. The van der Waals surface area contributed by atoms with Gasteiger partial charge < -0.3 is 10.1 Å². The van der Waals surface area contributed by atoms with Crippen LogP contribution in [0.2, 0.25) is 5.02 Å². The number of rotatable bonds is 8. The van der Waals surface area contributed by atoms with Crippen LogP contribution in [0.25, 0.3) is 0 Å². The van der Waals surface area contributed by atoms with Gasteiger partial charge in [0, 0.05) is 23.1 Å². The highest BCUT2D eigenvalue weighted by Gasteiger charge is 2.35. The maximum Gasteiger partial charge on any atom is 0.263 e. The summed E-state index contributed by atoms with van der Waals surface area (Å²) in [7, 11) is -3.51. The second kappa shape index (κ2) is 9.73. The van der Waals surface area contributed by atoms with Gasteiger partial charge in [0.25, 0.3) is 5.91 Å². The summed E-state index contributed by atoms with van der Waals surface area (Å²) in [5.41, 5.74) is 1.52. The minimum atomic E-state index is -3.51. The number of thioether (sulfide) groups is 1. The second-order valence-electron chi connectivity index (χ2n) is 6.44. The molecule has 1 atom stereocenters. The Bertz CT molecular complexity index is 968. The molecule has 2 aromatic rings. The fourth-order valence-corrected chi connectivity index (χ4v) is 5.18. The van der Waals surface area contributed by atoms with E-state index in [1.807, 2.05) is 24.3 Å². The summed E-state index contributed by atoms with van der Waals surface area (Å²) in [5, 5.41) is 3.57. The largest absolute Gasteiger partial charge is 0.476 e. The number of carbonyl (C=O) groups is 1. The third kappa shape index (κ3) is 5.38. The van der Waals surface area contributed by atoms with Gasteiger partial charge in [-0.3, -0.25) is 9.10 Å². The lowest BCUT2D eigenvalue weighted by Crippen LogP contribution is -2.51. The number of para-hydroxylation sites is 2. The summed E-state index contributed by atoms with van der Waals surface area (Å²) in [6.45, 7) is 2.00. The number of hydrogen-bond acceptors (Lipinski definition) is 5. The SMILES string of the molecule is CCS(=O)(=O)N1CC(C(=O)NCCSCc2ccccc2Cl)Oc2ccccc21. The van der Waals surface area contributed by atoms with Crippen molar-refractivity contribution in [1.82, 2.24) is 5.32 Å². The van der Waals surface area contributed by atoms with E-state index in [4.69, 9.17) is 16.3 Å². The molecule has 0 saturated heterocycles. The minimum absolute atomic E-state index is 0.0359. The standard InChI is InChI=1S/C20H23ClN2O4S2/c1-2-29(25,26)23-13-19(27-18-10-6-5-9-17(18)23)20(24)22-11-12-28-14-15-7-3-4-8-16(15)21/h3-10,19H,2,11-14H2,1H3,(H,22,24). The molecule has 1 unspecified atom stereocenters. The number of hydrogen-bond donors (Lipinski definition) is 1. The van der Waals surface area contributed by atoms with Crippen molar-refractivity contribution in [3.63, 3.8) is 0 Å². The maximum atomic E-state index is 12.6. The number of ether oxygens (including phenoxy) is 1. The first kappa shape index (κ1) is 21.8. The first-order valence-electron chi connectivity index (χ1n) is 9.27. The van der Waals surface area contributed by atoms with E-state index in [0.717, 1.165) is 16.3 Å². The summed E-state index contributed by atoms with van der Waals surface area (Å²) in [5.74, 6) is 1.48. The van der Waals surface area contributed by atoms with Crippen LogP contribution < -0.4 is 14.4 Å². The lowest BCUT2D eigenvalue weighted by molar-refractivity contribution is -0.127. The lowest BCUT2D eigenvalue weighted by Gasteiger charge is -2.34. The Labute approximate surface area is 180 Å². The molecule has 0 fully saturated rings. The zero-order chi connectivity index (χ0) is 20.9. The van der Waals surface area contributed by atoms with E-state index in [2.05, 4.69) is 5.32 Å². The number of halogens is 1. The van der Waals surface area contributed by atoms with Gasteiger partial charge in [0.1, 0.15) is 5.75 Å². The predicted molar refractivity (Wildman–Crippen MR) is 118 cm³/mol. The van der Waals surface area contributed by atoms with Gasteiger partial charge in [-0.1, -0.05) is 41.9 Å². The van der Waals surface area contributed by atoms with Crippen molar-refractivity contribution in [3.05, 3.63) is 59.1 Å². The van der Waals surface area contributed by atoms with E-state index in [1.54, 1.807) is 43.0 Å². The molecule has 0 spiro atoms. The molecule has 1 heterocycles. The van der Waals surface area contributed by atoms with Crippen molar-refractivity contribution in [2.45, 2.75) is 18.8 Å². The van der Waals surface area contributed by atoms with Crippen LogP contribution in [0.4, 0.5) is 5.69 Å². The van der Waals surface area contributed by atoms with E-state index in [9.17, 15) is 13.2 Å². The van der Waals surface area contributed by atoms with Gasteiger partial charge in [-0.2, -0.15) is 11.8 Å². The van der Waals surface area contributed by atoms with Crippen molar-refractivity contribution < 1.29 is 17.9 Å². The summed E-state index contributed by atoms with van der Waals surface area (Å²) < 4.78 is 32.0. The molecule has 0 saturated carbocycles. The molecule has 1 N–H and O–H groups in total. The lowest BCUT2D eigenvalue weighted by atomic mass is 10.2. The monoisotopic (exact) mass is 454 g/mol. The first-order chi connectivity index (χ1) is 13.9. The highest BCUT2D eigenvalue weighted by molar-refractivity contribution is 7.98. The Morgan fingerprint density at radius 2 is 1.97 bits per heavy atom. The van der Waals surface area contributed by atoms with Gasteiger partial charge in [0.05, 0.1) is 18.0 Å².